The van der Waals surface area contributed by atoms with Crippen molar-refractivity contribution in [2.75, 3.05) is 6.61 Å². The van der Waals surface area contributed by atoms with Crippen molar-refractivity contribution in [1.29, 1.82) is 0 Å². The van der Waals surface area contributed by atoms with Gasteiger partial charge in [-0.1, -0.05) is 58.8 Å². The quantitative estimate of drug-likeness (QED) is 0.369. The van der Waals surface area contributed by atoms with Gasteiger partial charge in [-0.25, -0.2) is 0 Å². The van der Waals surface area contributed by atoms with E-state index in [1.54, 1.807) is 20.9 Å². The molecule has 0 saturated heterocycles. The number of fused-ring (bicyclic) bond motifs is 3. The van der Waals surface area contributed by atoms with Gasteiger partial charge in [-0.15, -0.1) is 22.7 Å². The molecule has 1 atom stereocenters. The maximum Gasteiger partial charge on any atom is 0.0486 e. The summed E-state index contributed by atoms with van der Waals surface area (Å²) < 4.78 is 0. The van der Waals surface area contributed by atoms with Crippen molar-refractivity contribution in [3.05, 3.63) is 34.0 Å². The van der Waals surface area contributed by atoms with Crippen LogP contribution in [-0.2, 0) is 5.41 Å². The van der Waals surface area contributed by atoms with Crippen LogP contribution in [0.25, 0.3) is 9.75 Å². The van der Waals surface area contributed by atoms with Crippen LogP contribution < -0.4 is 0 Å². The largest absolute Gasteiger partial charge is 0.396 e. The Hall–Kier alpha value is -0.640. The number of unbranched alkanes of at least 4 members (excludes halogenated alkanes) is 4. The summed E-state index contributed by atoms with van der Waals surface area (Å²) in [7, 11) is 0. The summed E-state index contributed by atoms with van der Waals surface area (Å²) in [5.74, 6) is 0.825. The van der Waals surface area contributed by atoms with Gasteiger partial charge in [-0.3, -0.25) is 0 Å². The Bertz CT molecular complexity index is 629. The van der Waals surface area contributed by atoms with Crippen LogP contribution >= 0.6 is 22.7 Å². The molecule has 1 nitrogen and oxygen atoms in total. The summed E-state index contributed by atoms with van der Waals surface area (Å²) >= 11 is 3.88. The number of thiophene rings is 2. The van der Waals surface area contributed by atoms with Gasteiger partial charge in [0.15, 0.2) is 0 Å². The average Bonchev–Trinajstić information content (AvgIpc) is 3.35. The predicted octanol–water partition coefficient (Wildman–Crippen LogP) is 7.63. The van der Waals surface area contributed by atoms with Crippen molar-refractivity contribution in [3.8, 4) is 9.75 Å². The SMILES string of the molecule is CCCCC(CC)CC1(CCCCCCO)c2ccsc2-c2sccc21. The normalized spacial score (nSPS) is 15.8. The smallest absolute Gasteiger partial charge is 0.0486 e. The minimum Gasteiger partial charge on any atom is -0.396 e. The van der Waals surface area contributed by atoms with Crippen LogP contribution in [0, 0.1) is 5.92 Å². The molecule has 3 rings (SSSR count). The highest BCUT2D eigenvalue weighted by atomic mass is 32.1. The van der Waals surface area contributed by atoms with E-state index in [1.807, 2.05) is 22.7 Å². The molecule has 1 aliphatic carbocycles. The molecule has 1 aliphatic rings. The first-order valence-electron chi connectivity index (χ1n) is 10.5. The molecule has 2 heterocycles. The third-order valence-corrected chi connectivity index (χ3v) is 8.25. The molecule has 0 radical (unpaired) electrons. The van der Waals surface area contributed by atoms with Crippen LogP contribution in [0.3, 0.4) is 0 Å². The van der Waals surface area contributed by atoms with Crippen molar-refractivity contribution in [2.24, 2.45) is 5.92 Å². The first-order chi connectivity index (χ1) is 12.8. The minimum absolute atomic E-state index is 0.248. The van der Waals surface area contributed by atoms with E-state index in [-0.39, 0.29) is 5.41 Å². The molecule has 2 aromatic heterocycles. The maximum absolute atomic E-state index is 9.07. The fourth-order valence-electron chi connectivity index (χ4n) is 4.79. The van der Waals surface area contributed by atoms with E-state index in [0.717, 1.165) is 18.8 Å². The molecule has 0 amide bonds. The van der Waals surface area contributed by atoms with Gasteiger partial charge in [0.05, 0.1) is 0 Å². The molecule has 0 aromatic carbocycles. The molecule has 0 saturated carbocycles. The number of rotatable bonds is 12. The van der Waals surface area contributed by atoms with Crippen molar-refractivity contribution in [1.82, 2.24) is 0 Å². The van der Waals surface area contributed by atoms with Crippen LogP contribution in [0.4, 0.5) is 0 Å². The van der Waals surface area contributed by atoms with Gasteiger partial charge < -0.3 is 5.11 Å². The number of hydrogen-bond donors (Lipinski definition) is 1. The summed E-state index contributed by atoms with van der Waals surface area (Å²) in [6, 6.07) is 4.85. The topological polar surface area (TPSA) is 20.2 Å². The minimum atomic E-state index is 0.248. The van der Waals surface area contributed by atoms with Crippen molar-refractivity contribution < 1.29 is 5.11 Å². The lowest BCUT2D eigenvalue weighted by Crippen LogP contribution is -2.28. The number of aliphatic hydroxyl groups is 1. The molecule has 0 fully saturated rings. The van der Waals surface area contributed by atoms with Crippen LogP contribution in [0.1, 0.15) is 89.2 Å². The molecule has 26 heavy (non-hydrogen) atoms. The van der Waals surface area contributed by atoms with Gasteiger partial charge in [-0.05, 0) is 59.2 Å². The number of aliphatic hydroxyl groups excluding tert-OH is 1. The van der Waals surface area contributed by atoms with Gasteiger partial charge in [0.25, 0.3) is 0 Å². The van der Waals surface area contributed by atoms with Crippen LogP contribution in [0.15, 0.2) is 22.9 Å². The molecule has 0 spiro atoms. The van der Waals surface area contributed by atoms with Crippen LogP contribution in [0.2, 0.25) is 0 Å². The summed E-state index contributed by atoms with van der Waals surface area (Å²) in [5.41, 5.74) is 3.50. The summed E-state index contributed by atoms with van der Waals surface area (Å²) in [4.78, 5) is 3.10. The highest BCUT2D eigenvalue weighted by Crippen LogP contribution is 2.58. The monoisotopic (exact) mass is 390 g/mol. The summed E-state index contributed by atoms with van der Waals surface area (Å²) in [6.45, 7) is 5.03. The highest BCUT2D eigenvalue weighted by Gasteiger charge is 2.45. The van der Waals surface area contributed by atoms with Gasteiger partial charge in [0, 0.05) is 21.8 Å². The summed E-state index contributed by atoms with van der Waals surface area (Å²) in [6.07, 6.45) is 12.5. The fourth-order valence-corrected chi connectivity index (χ4v) is 6.97. The average molecular weight is 391 g/mol. The van der Waals surface area contributed by atoms with E-state index >= 15 is 0 Å². The third-order valence-electron chi connectivity index (χ3n) is 6.26. The van der Waals surface area contributed by atoms with Crippen molar-refractivity contribution in [2.45, 2.75) is 83.5 Å². The van der Waals surface area contributed by atoms with Gasteiger partial charge in [-0.2, -0.15) is 0 Å². The highest BCUT2D eigenvalue weighted by molar-refractivity contribution is 7.21. The molecule has 1 unspecified atom stereocenters. The van der Waals surface area contributed by atoms with E-state index in [1.165, 1.54) is 51.4 Å². The Morgan fingerprint density at radius 1 is 0.923 bits per heavy atom. The Balaban J connectivity index is 1.85. The zero-order valence-electron chi connectivity index (χ0n) is 16.4. The first kappa shape index (κ1) is 20.1. The third kappa shape index (κ3) is 3.95. The lowest BCUT2D eigenvalue weighted by Gasteiger charge is -2.35. The number of hydrogen-bond acceptors (Lipinski definition) is 3. The zero-order valence-corrected chi connectivity index (χ0v) is 18.1. The Morgan fingerprint density at radius 3 is 2.15 bits per heavy atom. The lowest BCUT2D eigenvalue weighted by atomic mass is 9.68. The van der Waals surface area contributed by atoms with Gasteiger partial charge in [0.1, 0.15) is 0 Å². The molecular formula is C23H34OS2. The Morgan fingerprint density at radius 2 is 1.58 bits per heavy atom. The van der Waals surface area contributed by atoms with Crippen LogP contribution in [0.5, 0.6) is 0 Å². The first-order valence-corrected chi connectivity index (χ1v) is 12.3. The van der Waals surface area contributed by atoms with Gasteiger partial charge in [0.2, 0.25) is 0 Å². The molecule has 0 bridgehead atoms. The summed E-state index contributed by atoms with van der Waals surface area (Å²) in [5, 5.41) is 13.7. The maximum atomic E-state index is 9.07. The van der Waals surface area contributed by atoms with Crippen molar-refractivity contribution in [3.63, 3.8) is 0 Å². The zero-order chi connectivity index (χ0) is 18.4. The van der Waals surface area contributed by atoms with Crippen molar-refractivity contribution >= 4 is 22.7 Å². The van der Waals surface area contributed by atoms with Crippen LogP contribution in [-0.4, -0.2) is 11.7 Å². The predicted molar refractivity (Wildman–Crippen MR) is 117 cm³/mol. The molecule has 3 heteroatoms. The van der Waals surface area contributed by atoms with E-state index < -0.39 is 0 Å². The lowest BCUT2D eigenvalue weighted by molar-refractivity contribution is 0.278. The van der Waals surface area contributed by atoms with E-state index in [9.17, 15) is 0 Å². The fraction of sp³-hybridized carbons (Fsp3) is 0.652. The second kappa shape index (κ2) is 9.52. The van der Waals surface area contributed by atoms with E-state index in [2.05, 4.69) is 36.7 Å². The second-order valence-corrected chi connectivity index (χ2v) is 9.75. The molecule has 144 valence electrons. The molecule has 0 aliphatic heterocycles. The Labute approximate surface area is 167 Å². The van der Waals surface area contributed by atoms with Gasteiger partial charge >= 0.3 is 0 Å². The second-order valence-electron chi connectivity index (χ2n) is 7.92. The Kier molecular flexibility index (Phi) is 7.36. The van der Waals surface area contributed by atoms with E-state index in [4.69, 9.17) is 5.11 Å². The van der Waals surface area contributed by atoms with E-state index in [0.29, 0.717) is 6.61 Å². The molecule has 1 N–H and O–H groups in total. The molecular weight excluding hydrogens is 356 g/mol. The molecule has 2 aromatic rings. The standard InChI is InChI=1S/C23H34OS2/c1-3-5-10-18(4-2)17-23(13-8-6-7-9-14-24)19-11-15-25-21(19)22-20(23)12-16-26-22/h11-12,15-16,18,24H,3-10,13-14,17H2,1-2H3.